The zero-order valence-electron chi connectivity index (χ0n) is 14.6. The average Bonchev–Trinajstić information content (AvgIpc) is 2.65. The first-order valence-corrected chi connectivity index (χ1v) is 10.7. The van der Waals surface area contributed by atoms with Crippen LogP contribution in [0.15, 0.2) is 42.5 Å². The normalized spacial score (nSPS) is 15.3. The highest BCUT2D eigenvalue weighted by Gasteiger charge is 2.27. The van der Waals surface area contributed by atoms with Gasteiger partial charge in [0.15, 0.2) is 0 Å². The highest BCUT2D eigenvalue weighted by atomic mass is 35.5. The summed E-state index contributed by atoms with van der Waals surface area (Å²) in [6, 6.07) is 10.6. The number of amides is 1. The molecule has 0 unspecified atom stereocenters. The van der Waals surface area contributed by atoms with Crippen LogP contribution >= 0.6 is 11.6 Å². The quantitative estimate of drug-likeness (QED) is 0.640. The van der Waals surface area contributed by atoms with Crippen molar-refractivity contribution in [1.82, 2.24) is 0 Å². The van der Waals surface area contributed by atoms with Crippen molar-refractivity contribution in [3.05, 3.63) is 53.1 Å². The Morgan fingerprint density at radius 3 is 2.56 bits per heavy atom. The van der Waals surface area contributed by atoms with Crippen molar-refractivity contribution in [2.45, 2.75) is 37.4 Å². The molecule has 1 aliphatic carbocycles. The van der Waals surface area contributed by atoms with Gasteiger partial charge >= 0.3 is 0 Å². The first-order chi connectivity index (χ1) is 12.8. The number of sulfonamides is 1. The van der Waals surface area contributed by atoms with Crippen LogP contribution in [0, 0.1) is 0 Å². The van der Waals surface area contributed by atoms with Crippen molar-refractivity contribution in [1.29, 1.82) is 0 Å². The maximum absolute atomic E-state index is 12.5. The van der Waals surface area contributed by atoms with Gasteiger partial charge in [-0.25, -0.2) is 8.42 Å². The molecular formula is C19H21ClN2O4S. The fourth-order valence-electron chi connectivity index (χ4n) is 3.15. The van der Waals surface area contributed by atoms with Gasteiger partial charge < -0.3 is 10.4 Å². The topological polar surface area (TPSA) is 95.5 Å². The van der Waals surface area contributed by atoms with Gasteiger partial charge in [-0.05, 0) is 49.2 Å². The third-order valence-corrected chi connectivity index (χ3v) is 6.69. The summed E-state index contributed by atoms with van der Waals surface area (Å²) in [5.41, 5.74) is 0.780. The van der Waals surface area contributed by atoms with E-state index in [1.165, 1.54) is 24.3 Å². The van der Waals surface area contributed by atoms with Crippen LogP contribution in [-0.2, 0) is 10.0 Å². The molecule has 0 atom stereocenters. The second-order valence-electron chi connectivity index (χ2n) is 6.60. The molecule has 3 rings (SSSR count). The molecule has 0 heterocycles. The Hall–Kier alpha value is -2.25. The first kappa shape index (κ1) is 19.5. The fourth-order valence-corrected chi connectivity index (χ4v) is 4.90. The summed E-state index contributed by atoms with van der Waals surface area (Å²) in [7, 11) is -3.49. The molecule has 27 heavy (non-hydrogen) atoms. The molecule has 1 saturated carbocycles. The Labute approximate surface area is 163 Å². The van der Waals surface area contributed by atoms with E-state index in [0.717, 1.165) is 19.3 Å². The Kier molecular flexibility index (Phi) is 5.92. The summed E-state index contributed by atoms with van der Waals surface area (Å²) >= 11 is 5.88. The smallest absolute Gasteiger partial charge is 0.255 e. The zero-order valence-corrected chi connectivity index (χ0v) is 16.2. The van der Waals surface area contributed by atoms with Gasteiger partial charge in [0.2, 0.25) is 10.0 Å². The number of hydrogen-bond donors (Lipinski definition) is 3. The van der Waals surface area contributed by atoms with Crippen molar-refractivity contribution >= 4 is 38.9 Å². The molecule has 1 fully saturated rings. The molecule has 0 spiro atoms. The lowest BCUT2D eigenvalue weighted by atomic mass is 10.0. The molecule has 0 radical (unpaired) electrons. The molecule has 1 amide bonds. The summed E-state index contributed by atoms with van der Waals surface area (Å²) < 4.78 is 27.7. The first-order valence-electron chi connectivity index (χ1n) is 8.77. The van der Waals surface area contributed by atoms with Crippen LogP contribution in [0.3, 0.4) is 0 Å². The molecule has 1 aliphatic rings. The summed E-state index contributed by atoms with van der Waals surface area (Å²) in [4.78, 5) is 12.5. The number of halogens is 1. The Balaban J connectivity index is 1.74. The lowest BCUT2D eigenvalue weighted by molar-refractivity contribution is 0.102. The lowest BCUT2D eigenvalue weighted by Gasteiger charge is -2.22. The number of carbonyl (C=O) groups excluding carboxylic acids is 1. The number of phenolic OH excluding ortho intramolecular Hbond substituents is 1. The van der Waals surface area contributed by atoms with Crippen molar-refractivity contribution in [2.75, 3.05) is 10.0 Å². The summed E-state index contributed by atoms with van der Waals surface area (Å²) in [5, 5.41) is 12.4. The van der Waals surface area contributed by atoms with Crippen LogP contribution in [0.5, 0.6) is 5.75 Å². The van der Waals surface area contributed by atoms with Crippen LogP contribution in [0.2, 0.25) is 5.02 Å². The molecule has 3 N–H and O–H groups in total. The Morgan fingerprint density at radius 1 is 1.07 bits per heavy atom. The third kappa shape index (κ3) is 4.93. The average molecular weight is 409 g/mol. The minimum absolute atomic E-state index is 0.109. The standard InChI is InChI=1S/C19H21ClN2O4S/c20-14-9-10-18(23)17(12-14)21-19(24)13-5-4-6-15(11-13)22-27(25,26)16-7-2-1-3-8-16/h4-6,9-12,16,22-23H,1-3,7-8H2,(H,21,24). The fraction of sp³-hybridized carbons (Fsp3) is 0.316. The van der Waals surface area contributed by atoms with E-state index in [1.807, 2.05) is 0 Å². The van der Waals surface area contributed by atoms with Crippen molar-refractivity contribution < 1.29 is 18.3 Å². The number of carbonyl (C=O) groups is 1. The molecule has 0 aromatic heterocycles. The molecule has 6 nitrogen and oxygen atoms in total. The van der Waals surface area contributed by atoms with E-state index in [-0.39, 0.29) is 17.0 Å². The van der Waals surface area contributed by atoms with E-state index in [0.29, 0.717) is 23.6 Å². The van der Waals surface area contributed by atoms with Crippen LogP contribution in [0.4, 0.5) is 11.4 Å². The van der Waals surface area contributed by atoms with Gasteiger partial charge in [0.25, 0.3) is 5.91 Å². The van der Waals surface area contributed by atoms with Gasteiger partial charge in [0.1, 0.15) is 5.75 Å². The Bertz CT molecular complexity index is 940. The van der Waals surface area contributed by atoms with E-state index in [4.69, 9.17) is 11.6 Å². The maximum Gasteiger partial charge on any atom is 0.255 e. The number of phenols is 1. The maximum atomic E-state index is 12.5. The van der Waals surface area contributed by atoms with Gasteiger partial charge in [-0.15, -0.1) is 0 Å². The van der Waals surface area contributed by atoms with E-state index in [9.17, 15) is 18.3 Å². The molecule has 8 heteroatoms. The highest BCUT2D eigenvalue weighted by Crippen LogP contribution is 2.28. The number of benzene rings is 2. The van der Waals surface area contributed by atoms with Crippen LogP contribution in [0.1, 0.15) is 42.5 Å². The second kappa shape index (κ2) is 8.19. The van der Waals surface area contributed by atoms with Gasteiger partial charge in [-0.2, -0.15) is 0 Å². The minimum Gasteiger partial charge on any atom is -0.506 e. The third-order valence-electron chi connectivity index (χ3n) is 4.58. The number of anilines is 2. The highest BCUT2D eigenvalue weighted by molar-refractivity contribution is 7.93. The summed E-state index contributed by atoms with van der Waals surface area (Å²) in [5.74, 6) is -0.590. The van der Waals surface area contributed by atoms with Crippen molar-refractivity contribution in [3.63, 3.8) is 0 Å². The molecule has 0 bridgehead atoms. The van der Waals surface area contributed by atoms with Crippen LogP contribution < -0.4 is 10.0 Å². The van der Waals surface area contributed by atoms with E-state index >= 15 is 0 Å². The zero-order chi connectivity index (χ0) is 19.4. The van der Waals surface area contributed by atoms with E-state index in [1.54, 1.807) is 18.2 Å². The van der Waals surface area contributed by atoms with Crippen LogP contribution in [-0.4, -0.2) is 24.7 Å². The monoisotopic (exact) mass is 408 g/mol. The largest absolute Gasteiger partial charge is 0.506 e. The van der Waals surface area contributed by atoms with Crippen molar-refractivity contribution in [2.24, 2.45) is 0 Å². The molecule has 144 valence electrons. The summed E-state index contributed by atoms with van der Waals surface area (Å²) in [6.07, 6.45) is 4.21. The predicted molar refractivity (Wildman–Crippen MR) is 107 cm³/mol. The SMILES string of the molecule is O=C(Nc1cc(Cl)ccc1O)c1cccc(NS(=O)(=O)C2CCCCC2)c1. The molecule has 2 aromatic rings. The number of rotatable bonds is 5. The minimum atomic E-state index is -3.49. The van der Waals surface area contributed by atoms with Gasteiger partial charge in [-0.3, -0.25) is 9.52 Å². The predicted octanol–water partition coefficient (Wildman–Crippen LogP) is 4.37. The molecular weight excluding hydrogens is 388 g/mol. The van der Waals surface area contributed by atoms with E-state index in [2.05, 4.69) is 10.0 Å². The lowest BCUT2D eigenvalue weighted by Crippen LogP contribution is -2.29. The summed E-state index contributed by atoms with van der Waals surface area (Å²) in [6.45, 7) is 0. The molecule has 0 aliphatic heterocycles. The van der Waals surface area contributed by atoms with Gasteiger partial charge in [0.05, 0.1) is 10.9 Å². The second-order valence-corrected chi connectivity index (χ2v) is 9.00. The Morgan fingerprint density at radius 2 is 1.81 bits per heavy atom. The van der Waals surface area contributed by atoms with Gasteiger partial charge in [0, 0.05) is 16.3 Å². The number of hydrogen-bond acceptors (Lipinski definition) is 4. The van der Waals surface area contributed by atoms with E-state index < -0.39 is 21.2 Å². The molecule has 0 saturated heterocycles. The number of aromatic hydroxyl groups is 1. The molecule has 2 aromatic carbocycles. The van der Waals surface area contributed by atoms with Gasteiger partial charge in [-0.1, -0.05) is 36.9 Å². The van der Waals surface area contributed by atoms with Crippen molar-refractivity contribution in [3.8, 4) is 5.75 Å². The van der Waals surface area contributed by atoms with Crippen LogP contribution in [0.25, 0.3) is 0 Å². The number of nitrogens with one attached hydrogen (secondary N) is 2.